The van der Waals surface area contributed by atoms with Gasteiger partial charge in [0.25, 0.3) is 0 Å². The smallest absolute Gasteiger partial charge is 0.222 e. The molecule has 4 heteroatoms. The number of nitrogens with one attached hydrogen (secondary N) is 1. The normalized spacial score (nSPS) is 23.8. The first-order valence-corrected chi connectivity index (χ1v) is 7.67. The van der Waals surface area contributed by atoms with Gasteiger partial charge in [0, 0.05) is 33.0 Å². The van der Waals surface area contributed by atoms with Crippen LogP contribution in [0.25, 0.3) is 0 Å². The zero-order valence-corrected chi connectivity index (χ0v) is 12.0. The molecule has 0 bridgehead atoms. The summed E-state index contributed by atoms with van der Waals surface area (Å²) in [6.07, 6.45) is 8.62. The number of hydrogen-bond donors (Lipinski definition) is 1. The van der Waals surface area contributed by atoms with Gasteiger partial charge in [-0.05, 0) is 24.7 Å². The highest BCUT2D eigenvalue weighted by Crippen LogP contribution is 2.29. The Bertz CT molecular complexity index is 324. The summed E-state index contributed by atoms with van der Waals surface area (Å²) < 4.78 is 0. The second-order valence-electron chi connectivity index (χ2n) is 6.06. The molecule has 1 N–H and O–H groups in total. The minimum atomic E-state index is 0.0882. The lowest BCUT2D eigenvalue weighted by Crippen LogP contribution is -2.29. The number of hydrogen-bond acceptors (Lipinski definition) is 2. The zero-order chi connectivity index (χ0) is 13.7. The summed E-state index contributed by atoms with van der Waals surface area (Å²) in [7, 11) is 1.67. The Morgan fingerprint density at radius 2 is 1.89 bits per heavy atom. The lowest BCUT2D eigenvalue weighted by Gasteiger charge is -2.17. The summed E-state index contributed by atoms with van der Waals surface area (Å²) in [4.78, 5) is 25.4. The van der Waals surface area contributed by atoms with Crippen LogP contribution in [-0.4, -0.2) is 36.9 Å². The van der Waals surface area contributed by atoms with Crippen molar-refractivity contribution in [1.82, 2.24) is 10.2 Å². The van der Waals surface area contributed by atoms with Crippen molar-refractivity contribution in [3.8, 4) is 0 Å². The van der Waals surface area contributed by atoms with E-state index in [1.807, 2.05) is 4.90 Å². The molecule has 108 valence electrons. The number of rotatable bonds is 5. The van der Waals surface area contributed by atoms with Crippen LogP contribution in [0.4, 0.5) is 0 Å². The van der Waals surface area contributed by atoms with Crippen molar-refractivity contribution < 1.29 is 9.59 Å². The van der Waals surface area contributed by atoms with Gasteiger partial charge in [0.1, 0.15) is 0 Å². The van der Waals surface area contributed by atoms with Crippen molar-refractivity contribution >= 4 is 11.8 Å². The first-order chi connectivity index (χ1) is 9.19. The number of amides is 2. The van der Waals surface area contributed by atoms with Crippen LogP contribution >= 0.6 is 0 Å². The predicted molar refractivity (Wildman–Crippen MR) is 74.6 cm³/mol. The first kappa shape index (κ1) is 14.4. The molecular formula is C15H26N2O2. The van der Waals surface area contributed by atoms with Gasteiger partial charge in [-0.2, -0.15) is 0 Å². The molecule has 0 aromatic rings. The summed E-state index contributed by atoms with van der Waals surface area (Å²) in [5.74, 6) is 1.53. The summed E-state index contributed by atoms with van der Waals surface area (Å²) in [6, 6.07) is 0. The summed E-state index contributed by atoms with van der Waals surface area (Å²) in [6.45, 7) is 1.61. The van der Waals surface area contributed by atoms with Crippen molar-refractivity contribution in [3.63, 3.8) is 0 Å². The minimum Gasteiger partial charge on any atom is -0.359 e. The average molecular weight is 266 g/mol. The number of likely N-dealkylation sites (tertiary alicyclic amines) is 1. The molecule has 2 aliphatic rings. The maximum absolute atomic E-state index is 12.1. The molecule has 1 heterocycles. The quantitative estimate of drug-likeness (QED) is 0.826. The van der Waals surface area contributed by atoms with Gasteiger partial charge in [-0.15, -0.1) is 0 Å². The van der Waals surface area contributed by atoms with E-state index in [9.17, 15) is 9.59 Å². The fraction of sp³-hybridized carbons (Fsp3) is 0.867. The molecule has 0 radical (unpaired) electrons. The van der Waals surface area contributed by atoms with Gasteiger partial charge in [0.2, 0.25) is 11.8 Å². The highest BCUT2D eigenvalue weighted by Gasteiger charge is 2.27. The number of nitrogens with zero attached hydrogens (tertiary/aromatic N) is 1. The molecule has 2 fully saturated rings. The van der Waals surface area contributed by atoms with Crippen LogP contribution in [0, 0.1) is 11.8 Å². The van der Waals surface area contributed by atoms with Crippen LogP contribution in [0.5, 0.6) is 0 Å². The van der Waals surface area contributed by atoms with E-state index in [0.717, 1.165) is 31.8 Å². The van der Waals surface area contributed by atoms with E-state index in [0.29, 0.717) is 24.7 Å². The number of carbonyl (C=O) groups is 2. The van der Waals surface area contributed by atoms with Crippen LogP contribution in [0.1, 0.15) is 51.4 Å². The molecule has 1 saturated carbocycles. The maximum Gasteiger partial charge on any atom is 0.222 e. The van der Waals surface area contributed by atoms with Crippen LogP contribution in [0.2, 0.25) is 0 Å². The van der Waals surface area contributed by atoms with Gasteiger partial charge in [-0.25, -0.2) is 0 Å². The van der Waals surface area contributed by atoms with E-state index in [1.54, 1.807) is 7.05 Å². The highest BCUT2D eigenvalue weighted by atomic mass is 16.2. The Morgan fingerprint density at radius 1 is 1.16 bits per heavy atom. The van der Waals surface area contributed by atoms with Crippen LogP contribution < -0.4 is 5.32 Å². The molecule has 0 unspecified atom stereocenters. The summed E-state index contributed by atoms with van der Waals surface area (Å²) in [5, 5.41) is 2.66. The molecule has 1 aliphatic carbocycles. The predicted octanol–water partition coefficient (Wildman–Crippen LogP) is 1.94. The lowest BCUT2D eigenvalue weighted by molar-refractivity contribution is -0.131. The van der Waals surface area contributed by atoms with E-state index >= 15 is 0 Å². The fourth-order valence-electron chi connectivity index (χ4n) is 3.37. The molecule has 1 aliphatic heterocycles. The van der Waals surface area contributed by atoms with E-state index < -0.39 is 0 Å². The third-order valence-corrected chi connectivity index (χ3v) is 4.63. The van der Waals surface area contributed by atoms with E-state index in [2.05, 4.69) is 5.32 Å². The molecule has 1 atom stereocenters. The average Bonchev–Trinajstić information content (AvgIpc) is 3.07. The van der Waals surface area contributed by atoms with E-state index in [-0.39, 0.29) is 5.91 Å². The molecule has 19 heavy (non-hydrogen) atoms. The molecule has 1 saturated heterocycles. The minimum absolute atomic E-state index is 0.0882. The van der Waals surface area contributed by atoms with Crippen molar-refractivity contribution in [2.24, 2.45) is 11.8 Å². The SMILES string of the molecule is CNC(=O)C[C@@H]1CCN(C(=O)CCC2CCCC2)C1. The van der Waals surface area contributed by atoms with Gasteiger partial charge < -0.3 is 10.2 Å². The topological polar surface area (TPSA) is 49.4 Å². The van der Waals surface area contributed by atoms with Gasteiger partial charge in [0.15, 0.2) is 0 Å². The monoisotopic (exact) mass is 266 g/mol. The number of carbonyl (C=O) groups excluding carboxylic acids is 2. The van der Waals surface area contributed by atoms with Crippen molar-refractivity contribution in [2.75, 3.05) is 20.1 Å². The molecule has 2 rings (SSSR count). The lowest BCUT2D eigenvalue weighted by atomic mass is 10.0. The molecular weight excluding hydrogens is 240 g/mol. The van der Waals surface area contributed by atoms with E-state index in [4.69, 9.17) is 0 Å². The van der Waals surface area contributed by atoms with Gasteiger partial charge >= 0.3 is 0 Å². The molecule has 0 spiro atoms. The maximum atomic E-state index is 12.1. The molecule has 0 aromatic carbocycles. The Hall–Kier alpha value is -1.06. The summed E-state index contributed by atoms with van der Waals surface area (Å²) >= 11 is 0. The Labute approximate surface area is 115 Å². The Balaban J connectivity index is 1.67. The highest BCUT2D eigenvalue weighted by molar-refractivity contribution is 5.77. The molecule has 4 nitrogen and oxygen atoms in total. The third kappa shape index (κ3) is 4.22. The Kier molecular flexibility index (Phi) is 5.23. The largest absolute Gasteiger partial charge is 0.359 e. The summed E-state index contributed by atoms with van der Waals surface area (Å²) in [5.41, 5.74) is 0. The van der Waals surface area contributed by atoms with Crippen LogP contribution in [-0.2, 0) is 9.59 Å². The second kappa shape index (κ2) is 6.92. The van der Waals surface area contributed by atoms with Crippen LogP contribution in [0.15, 0.2) is 0 Å². The van der Waals surface area contributed by atoms with E-state index in [1.165, 1.54) is 25.7 Å². The van der Waals surface area contributed by atoms with Gasteiger partial charge in [0.05, 0.1) is 0 Å². The van der Waals surface area contributed by atoms with Crippen LogP contribution in [0.3, 0.4) is 0 Å². The van der Waals surface area contributed by atoms with Crippen molar-refractivity contribution in [3.05, 3.63) is 0 Å². The molecule has 2 amide bonds. The van der Waals surface area contributed by atoms with Crippen molar-refractivity contribution in [2.45, 2.75) is 51.4 Å². The third-order valence-electron chi connectivity index (χ3n) is 4.63. The van der Waals surface area contributed by atoms with Gasteiger partial charge in [-0.3, -0.25) is 9.59 Å². The molecule has 0 aromatic heterocycles. The van der Waals surface area contributed by atoms with Gasteiger partial charge in [-0.1, -0.05) is 25.7 Å². The second-order valence-corrected chi connectivity index (χ2v) is 6.06. The van der Waals surface area contributed by atoms with Crippen molar-refractivity contribution in [1.29, 1.82) is 0 Å². The first-order valence-electron chi connectivity index (χ1n) is 7.67. The Morgan fingerprint density at radius 3 is 2.58 bits per heavy atom. The fourth-order valence-corrected chi connectivity index (χ4v) is 3.37. The standard InChI is InChI=1S/C15H26N2O2/c1-16-14(18)10-13-8-9-17(11-13)15(19)7-6-12-4-2-3-5-12/h12-13H,2-11H2,1H3,(H,16,18)/t13-/m0/s1. The zero-order valence-electron chi connectivity index (χ0n) is 12.0.